The van der Waals surface area contributed by atoms with E-state index in [1.807, 2.05) is 18.2 Å². The lowest BCUT2D eigenvalue weighted by Gasteiger charge is -2.32. The average molecular weight is 234 g/mol. The van der Waals surface area contributed by atoms with E-state index in [4.69, 9.17) is 4.74 Å². The molecule has 4 nitrogen and oxygen atoms in total. The van der Waals surface area contributed by atoms with E-state index in [2.05, 4.69) is 22.3 Å². The summed E-state index contributed by atoms with van der Waals surface area (Å²) >= 11 is 0. The summed E-state index contributed by atoms with van der Waals surface area (Å²) < 4.78 is 4.76. The van der Waals surface area contributed by atoms with Crippen molar-refractivity contribution < 1.29 is 9.53 Å². The van der Waals surface area contributed by atoms with Gasteiger partial charge in [-0.25, -0.2) is 0 Å². The third-order valence-corrected chi connectivity index (χ3v) is 2.99. The normalized spacial score (nSPS) is 21.1. The number of benzene rings is 1. The van der Waals surface area contributed by atoms with Crippen LogP contribution in [-0.4, -0.2) is 43.7 Å². The molecule has 1 atom stereocenters. The molecule has 1 aliphatic heterocycles. The molecule has 92 valence electrons. The second-order valence-corrected chi connectivity index (χ2v) is 4.25. The maximum atomic E-state index is 11.5. The highest BCUT2D eigenvalue weighted by Crippen LogP contribution is 2.07. The molecule has 4 heteroatoms. The summed E-state index contributed by atoms with van der Waals surface area (Å²) in [5.74, 6) is -0.178. The number of esters is 1. The van der Waals surface area contributed by atoms with Crippen molar-refractivity contribution in [1.82, 2.24) is 10.2 Å². The van der Waals surface area contributed by atoms with E-state index in [0.717, 1.165) is 19.6 Å². The number of methoxy groups -OCH3 is 1. The molecule has 0 bridgehead atoms. The molecule has 1 aliphatic rings. The number of ether oxygens (including phenoxy) is 1. The highest BCUT2D eigenvalue weighted by molar-refractivity contribution is 5.76. The summed E-state index contributed by atoms with van der Waals surface area (Å²) in [6.07, 6.45) is 0. The van der Waals surface area contributed by atoms with Gasteiger partial charge in [0.2, 0.25) is 0 Å². The molecule has 1 aromatic rings. The Morgan fingerprint density at radius 2 is 2.24 bits per heavy atom. The van der Waals surface area contributed by atoms with Crippen molar-refractivity contribution in [2.24, 2.45) is 0 Å². The van der Waals surface area contributed by atoms with E-state index in [1.165, 1.54) is 12.7 Å². The standard InChI is InChI=1S/C13H18N2O2/c1-17-13(16)12-10-15(8-7-14-12)9-11-5-3-2-4-6-11/h2-6,12,14H,7-10H2,1H3. The smallest absolute Gasteiger partial charge is 0.324 e. The Bertz CT molecular complexity index is 367. The van der Waals surface area contributed by atoms with Crippen LogP contribution in [0.2, 0.25) is 0 Å². The molecular formula is C13H18N2O2. The molecule has 2 rings (SSSR count). The van der Waals surface area contributed by atoms with Gasteiger partial charge in [-0.15, -0.1) is 0 Å². The van der Waals surface area contributed by atoms with Crippen LogP contribution < -0.4 is 5.32 Å². The summed E-state index contributed by atoms with van der Waals surface area (Å²) in [6.45, 7) is 3.38. The Hall–Kier alpha value is -1.39. The summed E-state index contributed by atoms with van der Waals surface area (Å²) in [5.41, 5.74) is 1.28. The van der Waals surface area contributed by atoms with Crippen LogP contribution in [0.3, 0.4) is 0 Å². The Morgan fingerprint density at radius 3 is 2.94 bits per heavy atom. The number of carbonyl (C=O) groups is 1. The van der Waals surface area contributed by atoms with Gasteiger partial charge in [-0.2, -0.15) is 0 Å². The van der Waals surface area contributed by atoms with Crippen molar-refractivity contribution >= 4 is 5.97 Å². The van der Waals surface area contributed by atoms with Crippen molar-refractivity contribution in [3.63, 3.8) is 0 Å². The summed E-state index contributed by atoms with van der Waals surface area (Å²) in [7, 11) is 1.43. The van der Waals surface area contributed by atoms with Crippen molar-refractivity contribution in [3.05, 3.63) is 35.9 Å². The van der Waals surface area contributed by atoms with Crippen molar-refractivity contribution in [2.45, 2.75) is 12.6 Å². The molecule has 0 aromatic heterocycles. The zero-order valence-corrected chi connectivity index (χ0v) is 10.1. The maximum absolute atomic E-state index is 11.5. The SMILES string of the molecule is COC(=O)C1CN(Cc2ccccc2)CCN1. The second kappa shape index (κ2) is 5.80. The van der Waals surface area contributed by atoms with Crippen LogP contribution in [0.1, 0.15) is 5.56 Å². The minimum atomic E-state index is -0.197. The van der Waals surface area contributed by atoms with E-state index in [0.29, 0.717) is 6.54 Å². The van der Waals surface area contributed by atoms with Crippen LogP contribution in [0, 0.1) is 0 Å². The zero-order valence-electron chi connectivity index (χ0n) is 10.1. The van der Waals surface area contributed by atoms with Gasteiger partial charge in [-0.1, -0.05) is 30.3 Å². The fraction of sp³-hybridized carbons (Fsp3) is 0.462. The molecule has 1 unspecified atom stereocenters. The number of rotatable bonds is 3. The van der Waals surface area contributed by atoms with Gasteiger partial charge in [0.25, 0.3) is 0 Å². The quantitative estimate of drug-likeness (QED) is 0.779. The summed E-state index contributed by atoms with van der Waals surface area (Å²) in [6, 6.07) is 10.1. The Kier molecular flexibility index (Phi) is 4.12. The monoisotopic (exact) mass is 234 g/mol. The minimum Gasteiger partial charge on any atom is -0.468 e. The molecule has 1 saturated heterocycles. The third kappa shape index (κ3) is 3.28. The van der Waals surface area contributed by atoms with Crippen LogP contribution >= 0.6 is 0 Å². The van der Waals surface area contributed by atoms with E-state index in [-0.39, 0.29) is 12.0 Å². The number of nitrogens with zero attached hydrogens (tertiary/aromatic N) is 1. The zero-order chi connectivity index (χ0) is 12.1. The fourth-order valence-corrected chi connectivity index (χ4v) is 2.10. The van der Waals surface area contributed by atoms with Gasteiger partial charge in [0.15, 0.2) is 0 Å². The van der Waals surface area contributed by atoms with E-state index in [1.54, 1.807) is 0 Å². The summed E-state index contributed by atoms with van der Waals surface area (Å²) in [5, 5.41) is 3.17. The lowest BCUT2D eigenvalue weighted by Crippen LogP contribution is -2.54. The van der Waals surface area contributed by atoms with Crippen LogP contribution in [0.15, 0.2) is 30.3 Å². The minimum absolute atomic E-state index is 0.178. The second-order valence-electron chi connectivity index (χ2n) is 4.25. The third-order valence-electron chi connectivity index (χ3n) is 2.99. The first-order chi connectivity index (χ1) is 8.29. The van der Waals surface area contributed by atoms with Crippen LogP contribution in [0.5, 0.6) is 0 Å². The molecule has 0 radical (unpaired) electrons. The fourth-order valence-electron chi connectivity index (χ4n) is 2.10. The lowest BCUT2D eigenvalue weighted by molar-refractivity contribution is -0.144. The number of piperazine rings is 1. The van der Waals surface area contributed by atoms with Gasteiger partial charge in [-0.3, -0.25) is 9.69 Å². The number of hydrogen-bond donors (Lipinski definition) is 1. The molecule has 0 aliphatic carbocycles. The van der Waals surface area contributed by atoms with E-state index in [9.17, 15) is 4.79 Å². The first-order valence-electron chi connectivity index (χ1n) is 5.87. The van der Waals surface area contributed by atoms with Gasteiger partial charge in [0.1, 0.15) is 6.04 Å². The van der Waals surface area contributed by atoms with Crippen LogP contribution in [-0.2, 0) is 16.1 Å². The molecular weight excluding hydrogens is 216 g/mol. The van der Waals surface area contributed by atoms with Gasteiger partial charge in [0, 0.05) is 26.2 Å². The van der Waals surface area contributed by atoms with E-state index < -0.39 is 0 Å². The Balaban J connectivity index is 1.92. The van der Waals surface area contributed by atoms with Crippen molar-refractivity contribution in [3.8, 4) is 0 Å². The van der Waals surface area contributed by atoms with Crippen molar-refractivity contribution in [2.75, 3.05) is 26.7 Å². The molecule has 1 heterocycles. The van der Waals surface area contributed by atoms with Gasteiger partial charge in [-0.05, 0) is 5.56 Å². The maximum Gasteiger partial charge on any atom is 0.324 e. The molecule has 1 fully saturated rings. The van der Waals surface area contributed by atoms with Crippen molar-refractivity contribution in [1.29, 1.82) is 0 Å². The Labute approximate surface area is 102 Å². The molecule has 17 heavy (non-hydrogen) atoms. The molecule has 1 N–H and O–H groups in total. The van der Waals surface area contributed by atoms with Gasteiger partial charge >= 0.3 is 5.97 Å². The highest BCUT2D eigenvalue weighted by Gasteiger charge is 2.25. The van der Waals surface area contributed by atoms with Gasteiger partial charge in [0.05, 0.1) is 7.11 Å². The number of carbonyl (C=O) groups excluding carboxylic acids is 1. The number of nitrogens with one attached hydrogen (secondary N) is 1. The molecule has 0 saturated carbocycles. The highest BCUT2D eigenvalue weighted by atomic mass is 16.5. The molecule has 0 amide bonds. The Morgan fingerprint density at radius 1 is 1.47 bits per heavy atom. The molecule has 1 aromatic carbocycles. The average Bonchev–Trinajstić information content (AvgIpc) is 2.39. The first-order valence-corrected chi connectivity index (χ1v) is 5.87. The van der Waals surface area contributed by atoms with Crippen LogP contribution in [0.25, 0.3) is 0 Å². The summed E-state index contributed by atoms with van der Waals surface area (Å²) in [4.78, 5) is 13.7. The van der Waals surface area contributed by atoms with Gasteiger partial charge < -0.3 is 10.1 Å². The largest absolute Gasteiger partial charge is 0.468 e. The predicted molar refractivity (Wildman–Crippen MR) is 65.5 cm³/mol. The van der Waals surface area contributed by atoms with E-state index >= 15 is 0 Å². The predicted octanol–water partition coefficient (Wildman–Crippen LogP) is 0.633. The van der Waals surface area contributed by atoms with Crippen LogP contribution in [0.4, 0.5) is 0 Å². The number of hydrogen-bond acceptors (Lipinski definition) is 4. The first kappa shape index (κ1) is 12.1. The topological polar surface area (TPSA) is 41.6 Å². The molecule has 0 spiro atoms. The lowest BCUT2D eigenvalue weighted by atomic mass is 10.1.